The molecule has 3 nitrogen and oxygen atoms in total. The molecule has 4 heteroatoms. The molecule has 1 aromatic rings. The molecule has 2 rings (SSSR count). The van der Waals surface area contributed by atoms with Crippen LogP contribution in [0.2, 0.25) is 5.02 Å². The average molecular weight is 322 g/mol. The number of hydrogen-bond acceptors (Lipinski definition) is 2. The molecule has 1 heterocycles. The molecule has 0 saturated heterocycles. The first kappa shape index (κ1) is 16.9. The lowest BCUT2D eigenvalue weighted by Crippen LogP contribution is -2.52. The third kappa shape index (κ3) is 3.46. The summed E-state index contributed by atoms with van der Waals surface area (Å²) in [5, 5.41) is 0.724. The number of halogens is 1. The minimum atomic E-state index is -0.238. The predicted molar refractivity (Wildman–Crippen MR) is 90.4 cm³/mol. The predicted octanol–water partition coefficient (Wildman–Crippen LogP) is 4.79. The first-order valence-corrected chi connectivity index (χ1v) is 8.09. The summed E-state index contributed by atoms with van der Waals surface area (Å²) in [6, 6.07) is 7.95. The Kier molecular flexibility index (Phi) is 5.17. The van der Waals surface area contributed by atoms with Crippen LogP contribution in [0.4, 0.5) is 4.79 Å². The Hall–Kier alpha value is -1.48. The monoisotopic (exact) mass is 321 g/mol. The number of carbonyl (C=O) groups excluding carboxylic acids is 1. The van der Waals surface area contributed by atoms with E-state index in [4.69, 9.17) is 16.3 Å². The van der Waals surface area contributed by atoms with Crippen molar-refractivity contribution in [2.45, 2.75) is 45.6 Å². The molecule has 0 bridgehead atoms. The van der Waals surface area contributed by atoms with Gasteiger partial charge in [-0.25, -0.2) is 4.79 Å². The van der Waals surface area contributed by atoms with Gasteiger partial charge in [-0.3, -0.25) is 0 Å². The Balaban J connectivity index is 2.34. The van der Waals surface area contributed by atoms with Gasteiger partial charge < -0.3 is 9.64 Å². The van der Waals surface area contributed by atoms with Crippen molar-refractivity contribution in [3.63, 3.8) is 0 Å². The topological polar surface area (TPSA) is 29.5 Å². The molecule has 1 unspecified atom stereocenters. The van der Waals surface area contributed by atoms with Crippen LogP contribution < -0.4 is 0 Å². The van der Waals surface area contributed by atoms with Crippen LogP contribution in [0, 0.1) is 0 Å². The van der Waals surface area contributed by atoms with Gasteiger partial charge in [-0.15, -0.1) is 0 Å². The Morgan fingerprint density at radius 2 is 2.00 bits per heavy atom. The third-order valence-electron chi connectivity index (χ3n) is 4.45. The summed E-state index contributed by atoms with van der Waals surface area (Å²) in [6.07, 6.45) is 2.72. The highest BCUT2D eigenvalue weighted by molar-refractivity contribution is 6.30. The van der Waals surface area contributed by atoms with E-state index in [1.54, 1.807) is 0 Å². The number of carbonyl (C=O) groups is 1. The molecule has 1 atom stereocenters. The van der Waals surface area contributed by atoms with Gasteiger partial charge in [-0.1, -0.05) is 49.2 Å². The SMILES string of the molecule is CCOC(=O)N1CC=C(C)CC1C(C)(C)c1ccc(Cl)cc1. The van der Waals surface area contributed by atoms with E-state index in [0.29, 0.717) is 13.2 Å². The fraction of sp³-hybridized carbons (Fsp3) is 0.500. The maximum Gasteiger partial charge on any atom is 0.410 e. The van der Waals surface area contributed by atoms with E-state index < -0.39 is 0 Å². The zero-order valence-electron chi connectivity index (χ0n) is 13.7. The number of nitrogens with zero attached hydrogens (tertiary/aromatic N) is 1. The Labute approximate surface area is 137 Å². The van der Waals surface area contributed by atoms with Crippen LogP contribution in [0.15, 0.2) is 35.9 Å². The first-order valence-electron chi connectivity index (χ1n) is 7.71. The molecule has 1 amide bonds. The van der Waals surface area contributed by atoms with Crippen LogP contribution in [0.5, 0.6) is 0 Å². The maximum atomic E-state index is 12.3. The highest BCUT2D eigenvalue weighted by Gasteiger charge is 2.39. The molecule has 120 valence electrons. The minimum Gasteiger partial charge on any atom is -0.450 e. The van der Waals surface area contributed by atoms with Gasteiger partial charge in [0.1, 0.15) is 0 Å². The fourth-order valence-electron chi connectivity index (χ4n) is 3.00. The number of amides is 1. The number of rotatable bonds is 3. The smallest absolute Gasteiger partial charge is 0.410 e. The molecule has 0 fully saturated rings. The molecule has 0 spiro atoms. The van der Waals surface area contributed by atoms with Crippen LogP contribution in [0.1, 0.15) is 39.7 Å². The van der Waals surface area contributed by atoms with Crippen molar-refractivity contribution in [3.05, 3.63) is 46.5 Å². The first-order chi connectivity index (χ1) is 10.4. The van der Waals surface area contributed by atoms with Crippen molar-refractivity contribution in [2.75, 3.05) is 13.2 Å². The second-order valence-electron chi connectivity index (χ2n) is 6.35. The summed E-state index contributed by atoms with van der Waals surface area (Å²) in [7, 11) is 0. The lowest BCUT2D eigenvalue weighted by Gasteiger charge is -2.44. The summed E-state index contributed by atoms with van der Waals surface area (Å²) in [5.41, 5.74) is 2.30. The lowest BCUT2D eigenvalue weighted by atomic mass is 9.74. The van der Waals surface area contributed by atoms with E-state index in [0.717, 1.165) is 11.4 Å². The molecule has 0 aromatic heterocycles. The van der Waals surface area contributed by atoms with Crippen molar-refractivity contribution >= 4 is 17.7 Å². The summed E-state index contributed by atoms with van der Waals surface area (Å²) in [5.74, 6) is 0. The van der Waals surface area contributed by atoms with Crippen LogP contribution >= 0.6 is 11.6 Å². The van der Waals surface area contributed by atoms with Crippen molar-refractivity contribution in [1.82, 2.24) is 4.90 Å². The van der Waals surface area contributed by atoms with E-state index in [-0.39, 0.29) is 17.6 Å². The zero-order valence-corrected chi connectivity index (χ0v) is 14.5. The normalized spacial score (nSPS) is 18.9. The van der Waals surface area contributed by atoms with Gasteiger partial charge >= 0.3 is 6.09 Å². The molecular formula is C18H24ClNO2. The molecular weight excluding hydrogens is 298 g/mol. The van der Waals surface area contributed by atoms with Crippen LogP contribution in [-0.2, 0) is 10.2 Å². The van der Waals surface area contributed by atoms with Crippen molar-refractivity contribution in [1.29, 1.82) is 0 Å². The molecule has 0 radical (unpaired) electrons. The van der Waals surface area contributed by atoms with Crippen molar-refractivity contribution < 1.29 is 9.53 Å². The van der Waals surface area contributed by atoms with E-state index in [1.807, 2.05) is 36.1 Å². The van der Waals surface area contributed by atoms with Gasteiger partial charge in [0.05, 0.1) is 6.61 Å². The zero-order chi connectivity index (χ0) is 16.3. The van der Waals surface area contributed by atoms with E-state index in [9.17, 15) is 4.79 Å². The molecule has 0 saturated carbocycles. The van der Waals surface area contributed by atoms with E-state index in [2.05, 4.69) is 26.8 Å². The van der Waals surface area contributed by atoms with Gasteiger partial charge in [0.15, 0.2) is 0 Å². The molecule has 22 heavy (non-hydrogen) atoms. The summed E-state index contributed by atoms with van der Waals surface area (Å²) >= 11 is 6.00. The van der Waals surface area contributed by atoms with Crippen LogP contribution in [0.3, 0.4) is 0 Å². The molecule has 0 aliphatic carbocycles. The van der Waals surface area contributed by atoms with Gasteiger partial charge in [0.25, 0.3) is 0 Å². The standard InChI is InChI=1S/C18H24ClNO2/c1-5-22-17(21)20-11-10-13(2)12-16(20)18(3,4)14-6-8-15(19)9-7-14/h6-10,16H,5,11-12H2,1-4H3. The highest BCUT2D eigenvalue weighted by Crippen LogP contribution is 2.36. The summed E-state index contributed by atoms with van der Waals surface area (Å²) in [6.45, 7) is 9.30. The average Bonchev–Trinajstić information content (AvgIpc) is 2.47. The minimum absolute atomic E-state index is 0.0673. The van der Waals surface area contributed by atoms with Gasteiger partial charge in [-0.05, 0) is 38.0 Å². The second kappa shape index (κ2) is 6.74. The van der Waals surface area contributed by atoms with Crippen molar-refractivity contribution in [3.8, 4) is 0 Å². The Morgan fingerprint density at radius 3 is 2.59 bits per heavy atom. The second-order valence-corrected chi connectivity index (χ2v) is 6.79. The quantitative estimate of drug-likeness (QED) is 0.749. The van der Waals surface area contributed by atoms with Gasteiger partial charge in [0, 0.05) is 23.0 Å². The van der Waals surface area contributed by atoms with Crippen molar-refractivity contribution in [2.24, 2.45) is 0 Å². The summed E-state index contributed by atoms with van der Waals surface area (Å²) in [4.78, 5) is 14.1. The number of benzene rings is 1. The lowest BCUT2D eigenvalue weighted by molar-refractivity contribution is 0.0746. The Bertz CT molecular complexity index is 563. The van der Waals surface area contributed by atoms with E-state index >= 15 is 0 Å². The fourth-order valence-corrected chi connectivity index (χ4v) is 3.13. The largest absolute Gasteiger partial charge is 0.450 e. The van der Waals surface area contributed by atoms with Gasteiger partial charge in [-0.2, -0.15) is 0 Å². The maximum absolute atomic E-state index is 12.3. The number of ether oxygens (including phenoxy) is 1. The van der Waals surface area contributed by atoms with Crippen LogP contribution in [-0.4, -0.2) is 30.2 Å². The molecule has 0 N–H and O–H groups in total. The van der Waals surface area contributed by atoms with Gasteiger partial charge in [0.2, 0.25) is 0 Å². The molecule has 1 aromatic carbocycles. The highest BCUT2D eigenvalue weighted by atomic mass is 35.5. The number of hydrogen-bond donors (Lipinski definition) is 0. The van der Waals surface area contributed by atoms with Crippen LogP contribution in [0.25, 0.3) is 0 Å². The van der Waals surface area contributed by atoms with E-state index in [1.165, 1.54) is 11.1 Å². The Morgan fingerprint density at radius 1 is 1.36 bits per heavy atom. The summed E-state index contributed by atoms with van der Waals surface area (Å²) < 4.78 is 5.23. The molecule has 1 aliphatic heterocycles. The third-order valence-corrected chi connectivity index (χ3v) is 4.70. The molecule has 1 aliphatic rings.